The Kier molecular flexibility index (Phi) is 6.65. The van der Waals surface area contributed by atoms with Crippen LogP contribution in [-0.2, 0) is 30.8 Å². The molecule has 3 N–H and O–H groups in total. The lowest BCUT2D eigenvalue weighted by Gasteiger charge is -2.15. The van der Waals surface area contributed by atoms with Crippen molar-refractivity contribution >= 4 is 21.9 Å². The highest BCUT2D eigenvalue weighted by Gasteiger charge is 2.14. The smallest absolute Gasteiger partial charge is 0.310 e. The highest BCUT2D eigenvalue weighted by molar-refractivity contribution is 7.89. The first kappa shape index (κ1) is 20.5. The third-order valence-electron chi connectivity index (χ3n) is 3.71. The number of carbonyl (C=O) groups is 2. The van der Waals surface area contributed by atoms with E-state index in [1.54, 1.807) is 6.92 Å². The number of hydrogen-bond acceptors (Lipinski definition) is 5. The molecule has 0 spiro atoms. The number of nitrogens with two attached hydrogens (primary N) is 1. The summed E-state index contributed by atoms with van der Waals surface area (Å²) in [5.41, 5.74) is 1.23. The van der Waals surface area contributed by atoms with Gasteiger partial charge in [-0.3, -0.25) is 9.59 Å². The van der Waals surface area contributed by atoms with Crippen LogP contribution >= 0.6 is 0 Å². The van der Waals surface area contributed by atoms with Crippen molar-refractivity contribution in [2.75, 3.05) is 6.61 Å². The summed E-state index contributed by atoms with van der Waals surface area (Å²) in [7, 11) is -3.78. The molecule has 0 aliphatic rings. The van der Waals surface area contributed by atoms with Gasteiger partial charge in [0, 0.05) is 0 Å². The number of nitrogens with one attached hydrogen (secondary N) is 1. The van der Waals surface area contributed by atoms with Crippen LogP contribution < -0.4 is 10.5 Å². The number of hydrogen-bond donors (Lipinski definition) is 2. The predicted octanol–water partition coefficient (Wildman–Crippen LogP) is 1.44. The van der Waals surface area contributed by atoms with Gasteiger partial charge in [0.05, 0.1) is 17.4 Å². The molecule has 2 rings (SSSR count). The zero-order valence-electron chi connectivity index (χ0n) is 14.5. The van der Waals surface area contributed by atoms with Crippen molar-refractivity contribution in [2.24, 2.45) is 5.14 Å². The maximum absolute atomic E-state index is 12.8. The van der Waals surface area contributed by atoms with E-state index in [9.17, 15) is 22.4 Å². The Labute approximate surface area is 156 Å². The van der Waals surface area contributed by atoms with Crippen LogP contribution in [0.25, 0.3) is 0 Å². The predicted molar refractivity (Wildman–Crippen MR) is 95.4 cm³/mol. The lowest BCUT2D eigenvalue weighted by atomic mass is 10.1. The van der Waals surface area contributed by atoms with Crippen molar-refractivity contribution in [2.45, 2.75) is 24.3 Å². The van der Waals surface area contributed by atoms with E-state index in [1.165, 1.54) is 48.5 Å². The van der Waals surface area contributed by atoms with Gasteiger partial charge in [0.25, 0.3) is 5.91 Å². The fourth-order valence-corrected chi connectivity index (χ4v) is 2.79. The monoisotopic (exact) mass is 394 g/mol. The molecular formula is C18H19FN2O5S. The minimum Gasteiger partial charge on any atom is -0.455 e. The van der Waals surface area contributed by atoms with Crippen LogP contribution in [-0.4, -0.2) is 26.9 Å². The molecule has 2 aromatic rings. The first-order valence-electron chi connectivity index (χ1n) is 7.97. The van der Waals surface area contributed by atoms with Crippen molar-refractivity contribution in [1.82, 2.24) is 5.32 Å². The standard InChI is InChI=1S/C18H19FN2O5S/c1-12(14-4-8-16(9-5-14)27(20,24)25)21-17(22)11-26-18(23)10-13-2-6-15(19)7-3-13/h2-9,12H,10-11H2,1H3,(H,21,22)(H2,20,24,25)/t12-/m0/s1. The number of ether oxygens (including phenoxy) is 1. The summed E-state index contributed by atoms with van der Waals surface area (Å²) in [5.74, 6) is -1.52. The summed E-state index contributed by atoms with van der Waals surface area (Å²) in [6.45, 7) is 1.24. The van der Waals surface area contributed by atoms with Gasteiger partial charge in [-0.1, -0.05) is 24.3 Å². The number of primary sulfonamides is 1. The van der Waals surface area contributed by atoms with Gasteiger partial charge in [-0.15, -0.1) is 0 Å². The summed E-state index contributed by atoms with van der Waals surface area (Å²) in [6, 6.07) is 10.7. The number of halogens is 1. The van der Waals surface area contributed by atoms with Crippen molar-refractivity contribution in [3.05, 3.63) is 65.5 Å². The molecule has 0 unspecified atom stereocenters. The van der Waals surface area contributed by atoms with Crippen molar-refractivity contribution < 1.29 is 27.1 Å². The molecule has 0 saturated heterocycles. The van der Waals surface area contributed by atoms with Gasteiger partial charge in [0.1, 0.15) is 5.82 Å². The number of benzene rings is 2. The minimum absolute atomic E-state index is 0.0282. The normalized spacial score (nSPS) is 12.3. The highest BCUT2D eigenvalue weighted by Crippen LogP contribution is 2.15. The SMILES string of the molecule is C[C@H](NC(=O)COC(=O)Cc1ccc(F)cc1)c1ccc(S(N)(=O)=O)cc1. The largest absolute Gasteiger partial charge is 0.455 e. The molecule has 144 valence electrons. The first-order valence-corrected chi connectivity index (χ1v) is 9.52. The maximum atomic E-state index is 12.8. The van der Waals surface area contributed by atoms with Gasteiger partial charge in [-0.25, -0.2) is 17.9 Å². The molecule has 0 radical (unpaired) electrons. The van der Waals surface area contributed by atoms with E-state index in [2.05, 4.69) is 5.32 Å². The molecule has 0 aromatic heterocycles. The van der Waals surface area contributed by atoms with Crippen LogP contribution in [0.5, 0.6) is 0 Å². The molecular weight excluding hydrogens is 375 g/mol. The van der Waals surface area contributed by atoms with E-state index >= 15 is 0 Å². The topological polar surface area (TPSA) is 116 Å². The summed E-state index contributed by atoms with van der Waals surface area (Å²) in [5, 5.41) is 7.66. The summed E-state index contributed by atoms with van der Waals surface area (Å²) in [4.78, 5) is 23.6. The second-order valence-electron chi connectivity index (χ2n) is 5.87. The molecule has 1 atom stereocenters. The van der Waals surface area contributed by atoms with Crippen LogP contribution in [0.2, 0.25) is 0 Å². The minimum atomic E-state index is -3.78. The van der Waals surface area contributed by atoms with Gasteiger partial charge >= 0.3 is 5.97 Å². The van der Waals surface area contributed by atoms with Gasteiger partial charge < -0.3 is 10.1 Å². The summed E-state index contributed by atoms with van der Waals surface area (Å²) < 4.78 is 40.2. The van der Waals surface area contributed by atoms with Crippen LogP contribution in [0, 0.1) is 5.82 Å². The zero-order chi connectivity index (χ0) is 20.0. The highest BCUT2D eigenvalue weighted by atomic mass is 32.2. The molecule has 27 heavy (non-hydrogen) atoms. The van der Waals surface area contributed by atoms with Crippen molar-refractivity contribution in [3.8, 4) is 0 Å². The van der Waals surface area contributed by atoms with E-state index in [0.717, 1.165) is 0 Å². The molecule has 2 aromatic carbocycles. The summed E-state index contributed by atoms with van der Waals surface area (Å²) >= 11 is 0. The van der Waals surface area contributed by atoms with Crippen LogP contribution in [0.3, 0.4) is 0 Å². The lowest BCUT2D eigenvalue weighted by molar-refractivity contribution is -0.148. The Morgan fingerprint density at radius 1 is 1.11 bits per heavy atom. The van der Waals surface area contributed by atoms with E-state index in [4.69, 9.17) is 9.88 Å². The van der Waals surface area contributed by atoms with Crippen LogP contribution in [0.15, 0.2) is 53.4 Å². The molecule has 7 nitrogen and oxygen atoms in total. The van der Waals surface area contributed by atoms with E-state index in [0.29, 0.717) is 11.1 Å². The molecule has 0 saturated carbocycles. The average Bonchev–Trinajstić information content (AvgIpc) is 2.61. The van der Waals surface area contributed by atoms with Gasteiger partial charge in [0.2, 0.25) is 10.0 Å². The third-order valence-corrected chi connectivity index (χ3v) is 4.64. The summed E-state index contributed by atoms with van der Waals surface area (Å²) in [6.07, 6.45) is -0.0713. The molecule has 0 aliphatic carbocycles. The molecule has 9 heteroatoms. The first-order chi connectivity index (χ1) is 12.6. The fourth-order valence-electron chi connectivity index (χ4n) is 2.28. The van der Waals surface area contributed by atoms with Gasteiger partial charge in [-0.05, 0) is 42.3 Å². The fraction of sp³-hybridized carbons (Fsp3) is 0.222. The second kappa shape index (κ2) is 8.74. The molecule has 0 heterocycles. The van der Waals surface area contributed by atoms with E-state index in [1.807, 2.05) is 0 Å². The van der Waals surface area contributed by atoms with Crippen molar-refractivity contribution in [1.29, 1.82) is 0 Å². The lowest BCUT2D eigenvalue weighted by Crippen LogP contribution is -2.31. The average molecular weight is 394 g/mol. The Bertz CT molecular complexity index is 912. The van der Waals surface area contributed by atoms with Crippen molar-refractivity contribution in [3.63, 3.8) is 0 Å². The zero-order valence-corrected chi connectivity index (χ0v) is 15.3. The van der Waals surface area contributed by atoms with Gasteiger partial charge in [-0.2, -0.15) is 0 Å². The molecule has 1 amide bonds. The van der Waals surface area contributed by atoms with E-state index in [-0.39, 0.29) is 11.3 Å². The molecule has 0 aliphatic heterocycles. The van der Waals surface area contributed by atoms with Crippen LogP contribution in [0.4, 0.5) is 4.39 Å². The number of sulfonamides is 1. The number of amides is 1. The Morgan fingerprint density at radius 3 is 2.26 bits per heavy atom. The maximum Gasteiger partial charge on any atom is 0.310 e. The molecule has 0 fully saturated rings. The van der Waals surface area contributed by atoms with E-state index < -0.39 is 40.4 Å². The number of rotatable bonds is 7. The Morgan fingerprint density at radius 2 is 1.70 bits per heavy atom. The number of esters is 1. The Hall–Kier alpha value is -2.78. The Balaban J connectivity index is 1.82. The van der Waals surface area contributed by atoms with Gasteiger partial charge in [0.15, 0.2) is 6.61 Å². The second-order valence-corrected chi connectivity index (χ2v) is 7.43. The van der Waals surface area contributed by atoms with Crippen LogP contribution in [0.1, 0.15) is 24.1 Å². The number of carbonyl (C=O) groups excluding carboxylic acids is 2. The third kappa shape index (κ3) is 6.46. The molecule has 0 bridgehead atoms. The quantitative estimate of drug-likeness (QED) is 0.690.